The summed E-state index contributed by atoms with van der Waals surface area (Å²) in [5.41, 5.74) is 1.11. The molecule has 0 aliphatic carbocycles. The van der Waals surface area contributed by atoms with Crippen LogP contribution in [0.4, 0.5) is 11.5 Å². The van der Waals surface area contributed by atoms with Crippen LogP contribution < -0.4 is 5.32 Å². The lowest BCUT2D eigenvalue weighted by molar-refractivity contribution is -0.385. The fourth-order valence-electron chi connectivity index (χ4n) is 2.48. The van der Waals surface area contributed by atoms with Crippen molar-refractivity contribution < 1.29 is 9.66 Å². The number of rotatable bonds is 4. The quantitative estimate of drug-likeness (QED) is 0.690. The molecule has 0 spiro atoms. The predicted molar refractivity (Wildman–Crippen MR) is 78.1 cm³/mol. The molecular formula is C15H15N3O3. The predicted octanol–water partition coefficient (Wildman–Crippen LogP) is 2.93. The summed E-state index contributed by atoms with van der Waals surface area (Å²) in [6.07, 6.45) is 2.11. The second kappa shape index (κ2) is 5.88. The van der Waals surface area contributed by atoms with Gasteiger partial charge >= 0.3 is 0 Å². The van der Waals surface area contributed by atoms with E-state index in [1.54, 1.807) is 6.07 Å². The van der Waals surface area contributed by atoms with Gasteiger partial charge in [0.1, 0.15) is 18.1 Å². The molecule has 108 valence electrons. The molecule has 0 unspecified atom stereocenters. The minimum atomic E-state index is -0.456. The molecule has 3 rings (SSSR count). The Morgan fingerprint density at radius 1 is 1.24 bits per heavy atom. The second-order valence-corrected chi connectivity index (χ2v) is 4.90. The van der Waals surface area contributed by atoms with Gasteiger partial charge in [-0.3, -0.25) is 10.1 Å². The van der Waals surface area contributed by atoms with E-state index in [-0.39, 0.29) is 17.8 Å². The van der Waals surface area contributed by atoms with Crippen molar-refractivity contribution in [3.63, 3.8) is 0 Å². The van der Waals surface area contributed by atoms with E-state index < -0.39 is 4.92 Å². The average Bonchev–Trinajstić information content (AvgIpc) is 2.97. The third-order valence-corrected chi connectivity index (χ3v) is 3.51. The van der Waals surface area contributed by atoms with E-state index in [1.165, 1.54) is 12.3 Å². The molecule has 0 bridgehead atoms. The highest BCUT2D eigenvalue weighted by Gasteiger charge is 2.29. The number of hydrogen-bond donors (Lipinski definition) is 1. The number of nitrogens with one attached hydrogen (secondary N) is 1. The maximum absolute atomic E-state index is 10.6. The Bertz CT molecular complexity index is 616. The summed E-state index contributed by atoms with van der Waals surface area (Å²) in [4.78, 5) is 14.2. The number of nitrogens with zero attached hydrogens (tertiary/aromatic N) is 2. The molecule has 2 aromatic rings. The Kier molecular flexibility index (Phi) is 3.79. The van der Waals surface area contributed by atoms with Gasteiger partial charge in [0.2, 0.25) is 0 Å². The SMILES string of the molecule is O=[N+]([O-])c1ccc(N[C@H]2CCO[C@@H]2c2ccccc2)nc1. The summed E-state index contributed by atoms with van der Waals surface area (Å²) in [6.45, 7) is 0.685. The summed E-state index contributed by atoms with van der Waals surface area (Å²) in [5.74, 6) is 0.622. The lowest BCUT2D eigenvalue weighted by atomic mass is 10.0. The highest BCUT2D eigenvalue weighted by Crippen LogP contribution is 2.31. The van der Waals surface area contributed by atoms with Crippen LogP contribution in [0.5, 0.6) is 0 Å². The topological polar surface area (TPSA) is 77.3 Å². The number of pyridine rings is 1. The lowest BCUT2D eigenvalue weighted by Gasteiger charge is -2.20. The molecule has 1 aromatic carbocycles. The molecule has 21 heavy (non-hydrogen) atoms. The van der Waals surface area contributed by atoms with Crippen molar-refractivity contribution >= 4 is 11.5 Å². The van der Waals surface area contributed by atoms with Crippen LogP contribution >= 0.6 is 0 Å². The van der Waals surface area contributed by atoms with Crippen LogP contribution in [0.15, 0.2) is 48.7 Å². The Balaban J connectivity index is 1.73. The monoisotopic (exact) mass is 285 g/mol. The van der Waals surface area contributed by atoms with E-state index in [1.807, 2.05) is 30.3 Å². The molecule has 1 aromatic heterocycles. The molecule has 6 nitrogen and oxygen atoms in total. The van der Waals surface area contributed by atoms with E-state index in [9.17, 15) is 10.1 Å². The zero-order chi connectivity index (χ0) is 14.7. The average molecular weight is 285 g/mol. The second-order valence-electron chi connectivity index (χ2n) is 4.90. The third-order valence-electron chi connectivity index (χ3n) is 3.51. The van der Waals surface area contributed by atoms with Gasteiger partial charge in [0.05, 0.1) is 11.0 Å². The zero-order valence-corrected chi connectivity index (χ0v) is 11.3. The summed E-state index contributed by atoms with van der Waals surface area (Å²) in [6, 6.07) is 13.2. The smallest absolute Gasteiger partial charge is 0.287 e. The fourth-order valence-corrected chi connectivity index (χ4v) is 2.48. The van der Waals surface area contributed by atoms with E-state index in [0.29, 0.717) is 12.4 Å². The third kappa shape index (κ3) is 3.00. The van der Waals surface area contributed by atoms with Crippen molar-refractivity contribution in [2.24, 2.45) is 0 Å². The van der Waals surface area contributed by atoms with Gasteiger partial charge in [0, 0.05) is 12.7 Å². The maximum atomic E-state index is 10.6. The van der Waals surface area contributed by atoms with E-state index >= 15 is 0 Å². The van der Waals surface area contributed by atoms with Crippen molar-refractivity contribution in [3.05, 3.63) is 64.3 Å². The Morgan fingerprint density at radius 3 is 2.71 bits per heavy atom. The molecule has 1 saturated heterocycles. The maximum Gasteiger partial charge on any atom is 0.287 e. The van der Waals surface area contributed by atoms with Crippen LogP contribution in [0.1, 0.15) is 18.1 Å². The molecule has 2 heterocycles. The highest BCUT2D eigenvalue weighted by molar-refractivity contribution is 5.42. The normalized spacial score (nSPS) is 21.1. The Morgan fingerprint density at radius 2 is 2.05 bits per heavy atom. The summed E-state index contributed by atoms with van der Waals surface area (Å²) >= 11 is 0. The number of nitro groups is 1. The number of hydrogen-bond acceptors (Lipinski definition) is 5. The van der Waals surface area contributed by atoms with Crippen molar-refractivity contribution in [1.29, 1.82) is 0 Å². The number of aromatic nitrogens is 1. The molecule has 0 amide bonds. The minimum absolute atomic E-state index is 0.0113. The van der Waals surface area contributed by atoms with Gasteiger partial charge in [-0.15, -0.1) is 0 Å². The molecule has 1 aliphatic rings. The highest BCUT2D eigenvalue weighted by atomic mass is 16.6. The molecular weight excluding hydrogens is 270 g/mol. The van der Waals surface area contributed by atoms with Crippen LogP contribution in [-0.4, -0.2) is 22.6 Å². The van der Waals surface area contributed by atoms with E-state index in [0.717, 1.165) is 12.0 Å². The van der Waals surface area contributed by atoms with Crippen LogP contribution in [0.2, 0.25) is 0 Å². The van der Waals surface area contributed by atoms with E-state index in [4.69, 9.17) is 4.74 Å². The molecule has 2 atom stereocenters. The van der Waals surface area contributed by atoms with Gasteiger partial charge in [-0.05, 0) is 18.1 Å². The van der Waals surface area contributed by atoms with Crippen molar-refractivity contribution in [2.75, 3.05) is 11.9 Å². The largest absolute Gasteiger partial charge is 0.371 e. The first-order valence-electron chi connectivity index (χ1n) is 6.77. The molecule has 1 aliphatic heterocycles. The van der Waals surface area contributed by atoms with Crippen LogP contribution in [-0.2, 0) is 4.74 Å². The Hall–Kier alpha value is -2.47. The first-order valence-corrected chi connectivity index (χ1v) is 6.77. The summed E-state index contributed by atoms with van der Waals surface area (Å²) in [5, 5.41) is 13.9. The van der Waals surface area contributed by atoms with Crippen molar-refractivity contribution in [1.82, 2.24) is 4.98 Å². The van der Waals surface area contributed by atoms with Gasteiger partial charge in [-0.25, -0.2) is 4.98 Å². The first kappa shape index (κ1) is 13.5. The standard InChI is InChI=1S/C15H15N3O3/c19-18(20)12-6-7-14(16-10-12)17-13-8-9-21-15(13)11-4-2-1-3-5-11/h1-7,10,13,15H,8-9H2,(H,16,17)/t13-,15+/m0/s1. The molecule has 1 N–H and O–H groups in total. The fraction of sp³-hybridized carbons (Fsp3) is 0.267. The number of benzene rings is 1. The van der Waals surface area contributed by atoms with Gasteiger partial charge in [0.25, 0.3) is 5.69 Å². The van der Waals surface area contributed by atoms with Gasteiger partial charge in [-0.1, -0.05) is 30.3 Å². The van der Waals surface area contributed by atoms with Crippen molar-refractivity contribution in [2.45, 2.75) is 18.6 Å². The van der Waals surface area contributed by atoms with Crippen molar-refractivity contribution in [3.8, 4) is 0 Å². The van der Waals surface area contributed by atoms with E-state index in [2.05, 4.69) is 10.3 Å². The first-order chi connectivity index (χ1) is 10.2. The lowest BCUT2D eigenvalue weighted by Crippen LogP contribution is -2.23. The summed E-state index contributed by atoms with van der Waals surface area (Å²) < 4.78 is 5.79. The number of anilines is 1. The minimum Gasteiger partial charge on any atom is -0.371 e. The summed E-state index contributed by atoms with van der Waals surface area (Å²) in [7, 11) is 0. The van der Waals surface area contributed by atoms with Crippen LogP contribution in [0.3, 0.4) is 0 Å². The molecule has 6 heteroatoms. The van der Waals surface area contributed by atoms with Gasteiger partial charge in [-0.2, -0.15) is 0 Å². The van der Waals surface area contributed by atoms with Crippen LogP contribution in [0, 0.1) is 10.1 Å². The molecule has 1 fully saturated rings. The zero-order valence-electron chi connectivity index (χ0n) is 11.3. The van der Waals surface area contributed by atoms with Crippen LogP contribution in [0.25, 0.3) is 0 Å². The Labute approximate surface area is 121 Å². The van der Waals surface area contributed by atoms with Gasteiger partial charge in [0.15, 0.2) is 0 Å². The van der Waals surface area contributed by atoms with Gasteiger partial charge < -0.3 is 10.1 Å². The number of ether oxygens (including phenoxy) is 1. The molecule has 0 radical (unpaired) electrons. The molecule has 0 saturated carbocycles.